The van der Waals surface area contributed by atoms with Crippen LogP contribution in [0.15, 0.2) is 12.7 Å². The van der Waals surface area contributed by atoms with Crippen LogP contribution in [0.2, 0.25) is 0 Å². The summed E-state index contributed by atoms with van der Waals surface area (Å²) in [7, 11) is -2.63. The molecule has 121 valence electrons. The fourth-order valence-electron chi connectivity index (χ4n) is 2.56. The SMILES string of the molecule is Nc1ncnc2c1ncn2[C@H]1C[C@H](OP2(=O)O[B]O2)[C@@H](CO)O1. The molecule has 2 aliphatic heterocycles. The van der Waals surface area contributed by atoms with Gasteiger partial charge in [0, 0.05) is 6.42 Å². The lowest BCUT2D eigenvalue weighted by molar-refractivity contribution is -0.0436. The van der Waals surface area contributed by atoms with Crippen LogP contribution in [0.4, 0.5) is 5.82 Å². The average molecular weight is 340 g/mol. The van der Waals surface area contributed by atoms with Crippen LogP contribution in [-0.2, 0) is 22.7 Å². The van der Waals surface area contributed by atoms with Gasteiger partial charge in [0.2, 0.25) is 0 Å². The Morgan fingerprint density at radius 1 is 1.48 bits per heavy atom. The molecule has 0 bridgehead atoms. The number of nitrogen functional groups attached to an aromatic ring is 1. The van der Waals surface area contributed by atoms with Crippen LogP contribution >= 0.6 is 7.82 Å². The van der Waals surface area contributed by atoms with Crippen molar-refractivity contribution in [2.45, 2.75) is 24.9 Å². The van der Waals surface area contributed by atoms with Crippen LogP contribution in [0.3, 0.4) is 0 Å². The highest BCUT2D eigenvalue weighted by atomic mass is 31.2. The van der Waals surface area contributed by atoms with Gasteiger partial charge in [0.1, 0.15) is 30.3 Å². The van der Waals surface area contributed by atoms with Crippen molar-refractivity contribution in [2.75, 3.05) is 12.3 Å². The van der Waals surface area contributed by atoms with E-state index in [4.69, 9.17) is 15.0 Å². The zero-order valence-corrected chi connectivity index (χ0v) is 12.6. The molecule has 23 heavy (non-hydrogen) atoms. The molecule has 0 saturated carbocycles. The molecule has 2 fully saturated rings. The van der Waals surface area contributed by atoms with Gasteiger partial charge < -0.3 is 24.5 Å². The van der Waals surface area contributed by atoms with Crippen molar-refractivity contribution in [1.82, 2.24) is 19.5 Å². The highest BCUT2D eigenvalue weighted by Gasteiger charge is 2.46. The van der Waals surface area contributed by atoms with E-state index in [0.717, 1.165) is 7.69 Å². The average Bonchev–Trinajstić information content (AvgIpc) is 3.10. The van der Waals surface area contributed by atoms with Crippen molar-refractivity contribution in [2.24, 2.45) is 0 Å². The summed E-state index contributed by atoms with van der Waals surface area (Å²) >= 11 is 0. The van der Waals surface area contributed by atoms with Crippen LogP contribution < -0.4 is 5.73 Å². The smallest absolute Gasteiger partial charge is 0.394 e. The molecule has 3 N–H and O–H groups in total. The van der Waals surface area contributed by atoms with Crippen molar-refractivity contribution in [3.8, 4) is 0 Å². The molecule has 2 aliphatic rings. The molecule has 0 spiro atoms. The Kier molecular flexibility index (Phi) is 3.60. The molecular formula is C10H12BN5O6P. The monoisotopic (exact) mass is 340 g/mol. The van der Waals surface area contributed by atoms with Gasteiger partial charge in [0.25, 0.3) is 0 Å². The number of nitrogens with two attached hydrogens (primary N) is 1. The molecule has 0 aliphatic carbocycles. The lowest BCUT2D eigenvalue weighted by Crippen LogP contribution is -2.30. The maximum absolute atomic E-state index is 11.8. The second-order valence-electron chi connectivity index (χ2n) is 5.03. The predicted octanol–water partition coefficient (Wildman–Crippen LogP) is -0.237. The number of nitrogens with zero attached hydrogens (tertiary/aromatic N) is 4. The van der Waals surface area contributed by atoms with E-state index >= 15 is 0 Å². The highest BCUT2D eigenvalue weighted by molar-refractivity contribution is 7.53. The first kappa shape index (κ1) is 15.0. The molecule has 0 amide bonds. The van der Waals surface area contributed by atoms with Crippen molar-refractivity contribution in [3.05, 3.63) is 12.7 Å². The second-order valence-corrected chi connectivity index (χ2v) is 6.56. The first-order valence-electron chi connectivity index (χ1n) is 6.76. The third kappa shape index (κ3) is 2.53. The zero-order valence-electron chi connectivity index (χ0n) is 11.7. The van der Waals surface area contributed by atoms with Crippen LogP contribution in [0, 0.1) is 0 Å². The minimum absolute atomic E-state index is 0.259. The van der Waals surface area contributed by atoms with Gasteiger partial charge in [-0.2, -0.15) is 0 Å². The van der Waals surface area contributed by atoms with E-state index < -0.39 is 26.3 Å². The van der Waals surface area contributed by atoms with Crippen LogP contribution in [0.1, 0.15) is 12.6 Å². The minimum Gasteiger partial charge on any atom is -0.394 e. The van der Waals surface area contributed by atoms with Gasteiger partial charge in [-0.15, -0.1) is 0 Å². The van der Waals surface area contributed by atoms with Gasteiger partial charge in [0.15, 0.2) is 11.5 Å². The summed E-state index contributed by atoms with van der Waals surface area (Å²) in [5.41, 5.74) is 6.70. The maximum atomic E-state index is 11.8. The minimum atomic E-state index is -3.57. The highest BCUT2D eigenvalue weighted by Crippen LogP contribution is 2.58. The van der Waals surface area contributed by atoms with Gasteiger partial charge in [-0.3, -0.25) is 9.09 Å². The largest absolute Gasteiger partial charge is 0.505 e. The van der Waals surface area contributed by atoms with Gasteiger partial charge >= 0.3 is 15.5 Å². The first-order valence-corrected chi connectivity index (χ1v) is 8.22. The number of anilines is 1. The number of aliphatic hydroxyl groups is 1. The number of rotatable bonds is 4. The van der Waals surface area contributed by atoms with Gasteiger partial charge in [-0.05, 0) is 0 Å². The van der Waals surface area contributed by atoms with Crippen molar-refractivity contribution in [1.29, 1.82) is 0 Å². The van der Waals surface area contributed by atoms with Crippen molar-refractivity contribution >= 4 is 32.5 Å². The van der Waals surface area contributed by atoms with Crippen molar-refractivity contribution in [3.63, 3.8) is 0 Å². The van der Waals surface area contributed by atoms with E-state index in [1.165, 1.54) is 12.7 Å². The van der Waals surface area contributed by atoms with Crippen LogP contribution in [0.5, 0.6) is 0 Å². The number of hydrogen-bond acceptors (Lipinski definition) is 10. The fraction of sp³-hybridized carbons (Fsp3) is 0.500. The van der Waals surface area contributed by atoms with E-state index in [-0.39, 0.29) is 12.4 Å². The predicted molar refractivity (Wildman–Crippen MR) is 75.8 cm³/mol. The Morgan fingerprint density at radius 2 is 2.30 bits per heavy atom. The Hall–Kier alpha value is -1.56. The van der Waals surface area contributed by atoms with Crippen LogP contribution in [-0.4, -0.2) is 51.1 Å². The summed E-state index contributed by atoms with van der Waals surface area (Å²) in [6.07, 6.45) is 1.28. The standard InChI is InChI=1S/C10H12BN5O6P/c12-9-8-10(14-3-13-9)16(4-15-8)7-1-5(6(2-17)19-7)20-23(18)21-11-22-23/h3-7,17H,1-2H2,(H2,12,13,14)/t5-,6+,7+/m0/s1. The molecule has 4 heterocycles. The van der Waals surface area contributed by atoms with Crippen LogP contribution in [0.25, 0.3) is 11.2 Å². The lowest BCUT2D eigenvalue weighted by Gasteiger charge is -2.28. The molecule has 0 aromatic carbocycles. The molecule has 3 atom stereocenters. The quantitative estimate of drug-likeness (QED) is 0.565. The molecule has 11 nitrogen and oxygen atoms in total. The number of aliphatic hydroxyl groups excluding tert-OH is 1. The molecule has 2 aromatic rings. The van der Waals surface area contributed by atoms with E-state index in [0.29, 0.717) is 17.6 Å². The summed E-state index contributed by atoms with van der Waals surface area (Å²) in [5, 5.41) is 9.44. The number of ether oxygens (including phenoxy) is 1. The Morgan fingerprint density at radius 3 is 3.00 bits per heavy atom. The van der Waals surface area contributed by atoms with Gasteiger partial charge in [-0.1, -0.05) is 0 Å². The number of phosphoric acid groups is 1. The van der Waals surface area contributed by atoms with E-state index in [1.807, 2.05) is 0 Å². The third-order valence-electron chi connectivity index (χ3n) is 3.67. The normalized spacial score (nSPS) is 29.3. The zero-order chi connectivity index (χ0) is 16.0. The molecule has 2 saturated heterocycles. The Bertz CT molecular complexity index is 780. The summed E-state index contributed by atoms with van der Waals surface area (Å²) in [4.78, 5) is 12.2. The molecule has 4 rings (SSSR count). The molecular weight excluding hydrogens is 328 g/mol. The van der Waals surface area contributed by atoms with Gasteiger partial charge in [-0.25, -0.2) is 19.5 Å². The molecule has 2 aromatic heterocycles. The molecule has 1 radical (unpaired) electrons. The summed E-state index contributed by atoms with van der Waals surface area (Å²) in [6.45, 7) is -0.311. The lowest BCUT2D eigenvalue weighted by atomic mass is 10.2. The number of aromatic nitrogens is 4. The molecule has 0 unspecified atom stereocenters. The Labute approximate surface area is 130 Å². The van der Waals surface area contributed by atoms with E-state index in [9.17, 15) is 9.67 Å². The molecule has 13 heteroatoms. The third-order valence-corrected chi connectivity index (χ3v) is 4.88. The Balaban J connectivity index is 1.59. The number of hydrogen-bond donors (Lipinski definition) is 2. The van der Waals surface area contributed by atoms with E-state index in [1.54, 1.807) is 4.57 Å². The maximum Gasteiger partial charge on any atom is 0.505 e. The van der Waals surface area contributed by atoms with Crippen molar-refractivity contribution < 1.29 is 27.8 Å². The second kappa shape index (κ2) is 5.51. The summed E-state index contributed by atoms with van der Waals surface area (Å²) in [6, 6.07) is 0. The summed E-state index contributed by atoms with van der Waals surface area (Å²) in [5.74, 6) is 0.259. The topological polar surface area (TPSA) is 144 Å². The van der Waals surface area contributed by atoms with E-state index in [2.05, 4.69) is 23.8 Å². The number of imidazole rings is 1. The summed E-state index contributed by atoms with van der Waals surface area (Å²) < 4.78 is 33.9. The van der Waals surface area contributed by atoms with Gasteiger partial charge in [0.05, 0.1) is 12.9 Å². The first-order chi connectivity index (χ1) is 11.1. The fourth-order valence-corrected chi connectivity index (χ4v) is 3.44. The number of fused-ring (bicyclic) bond motifs is 1.